The van der Waals surface area contributed by atoms with Crippen molar-refractivity contribution in [1.29, 1.82) is 0 Å². The van der Waals surface area contributed by atoms with Crippen molar-refractivity contribution in [2.45, 2.75) is 6.42 Å². The van der Waals surface area contributed by atoms with Crippen molar-refractivity contribution in [3.05, 3.63) is 23.9 Å². The van der Waals surface area contributed by atoms with E-state index in [0.29, 0.717) is 17.9 Å². The molecular weight excluding hydrogens is 256 g/mol. The molecule has 110 valence electrons. The van der Waals surface area contributed by atoms with Gasteiger partial charge < -0.3 is 15.4 Å². The van der Waals surface area contributed by atoms with Gasteiger partial charge in [-0.15, -0.1) is 0 Å². The normalized spacial score (nSPS) is 15.8. The summed E-state index contributed by atoms with van der Waals surface area (Å²) in [6, 6.07) is 3.54. The molecule has 6 nitrogen and oxygen atoms in total. The largest absolute Gasteiger partial charge is 0.379 e. The van der Waals surface area contributed by atoms with E-state index < -0.39 is 0 Å². The highest BCUT2D eigenvalue weighted by Crippen LogP contribution is 2.09. The highest BCUT2D eigenvalue weighted by Gasteiger charge is 2.12. The van der Waals surface area contributed by atoms with Crippen LogP contribution in [0.1, 0.15) is 16.8 Å². The number of ether oxygens (including phenoxy) is 1. The Balaban J connectivity index is 1.72. The predicted octanol–water partition coefficient (Wildman–Crippen LogP) is 0.575. The van der Waals surface area contributed by atoms with Crippen LogP contribution in [-0.4, -0.2) is 62.2 Å². The number of aromatic nitrogens is 1. The molecule has 1 saturated heterocycles. The Labute approximate surface area is 119 Å². The van der Waals surface area contributed by atoms with Crippen LogP contribution in [0.4, 0.5) is 5.82 Å². The van der Waals surface area contributed by atoms with Crippen LogP contribution in [0.25, 0.3) is 0 Å². The number of nitrogens with one attached hydrogen (secondary N) is 2. The number of nitrogens with zero attached hydrogens (tertiary/aromatic N) is 2. The van der Waals surface area contributed by atoms with E-state index in [2.05, 4.69) is 20.5 Å². The molecule has 0 radical (unpaired) electrons. The molecule has 1 fully saturated rings. The number of rotatable bonds is 6. The average molecular weight is 278 g/mol. The highest BCUT2D eigenvalue weighted by atomic mass is 16.5. The molecule has 0 bridgehead atoms. The molecule has 1 aliphatic rings. The summed E-state index contributed by atoms with van der Waals surface area (Å²) in [4.78, 5) is 18.5. The lowest BCUT2D eigenvalue weighted by Gasteiger charge is -2.26. The number of carbonyl (C=O) groups excluding carboxylic acids is 1. The zero-order valence-corrected chi connectivity index (χ0v) is 11.9. The lowest BCUT2D eigenvalue weighted by atomic mass is 10.2. The van der Waals surface area contributed by atoms with Gasteiger partial charge in [0.2, 0.25) is 0 Å². The fourth-order valence-electron chi connectivity index (χ4n) is 2.21. The molecule has 0 spiro atoms. The second-order valence-electron chi connectivity index (χ2n) is 4.71. The Bertz CT molecular complexity index is 433. The van der Waals surface area contributed by atoms with E-state index in [0.717, 1.165) is 39.3 Å². The van der Waals surface area contributed by atoms with E-state index in [9.17, 15) is 4.79 Å². The minimum absolute atomic E-state index is 0.0792. The van der Waals surface area contributed by atoms with Crippen LogP contribution >= 0.6 is 0 Å². The van der Waals surface area contributed by atoms with Gasteiger partial charge in [-0.2, -0.15) is 0 Å². The number of carbonyl (C=O) groups is 1. The Morgan fingerprint density at radius 2 is 2.25 bits per heavy atom. The summed E-state index contributed by atoms with van der Waals surface area (Å²) in [5.41, 5.74) is 0.585. The topological polar surface area (TPSA) is 66.5 Å². The van der Waals surface area contributed by atoms with Crippen LogP contribution < -0.4 is 10.6 Å². The number of morpholine rings is 1. The summed E-state index contributed by atoms with van der Waals surface area (Å²) in [6.07, 6.45) is 2.61. The first kappa shape index (κ1) is 14.7. The van der Waals surface area contributed by atoms with Gasteiger partial charge in [-0.05, 0) is 25.1 Å². The van der Waals surface area contributed by atoms with Crippen LogP contribution in [0.3, 0.4) is 0 Å². The van der Waals surface area contributed by atoms with Gasteiger partial charge in [0.25, 0.3) is 5.91 Å². The molecule has 1 amide bonds. The molecular formula is C14H22N4O2. The average Bonchev–Trinajstić information content (AvgIpc) is 2.52. The van der Waals surface area contributed by atoms with Crippen molar-refractivity contribution in [3.63, 3.8) is 0 Å². The second kappa shape index (κ2) is 7.81. The quantitative estimate of drug-likeness (QED) is 0.745. The molecule has 0 atom stereocenters. The molecule has 20 heavy (non-hydrogen) atoms. The van der Waals surface area contributed by atoms with Gasteiger partial charge in [0.1, 0.15) is 5.82 Å². The van der Waals surface area contributed by atoms with Crippen LogP contribution in [0.15, 0.2) is 18.3 Å². The zero-order chi connectivity index (χ0) is 14.2. The molecule has 0 aromatic carbocycles. The SMILES string of the molecule is CNc1ncccc1C(=O)NCCCN1CCOCC1. The van der Waals surface area contributed by atoms with Gasteiger partial charge in [-0.3, -0.25) is 9.69 Å². The van der Waals surface area contributed by atoms with Crippen molar-refractivity contribution in [2.24, 2.45) is 0 Å². The minimum Gasteiger partial charge on any atom is -0.379 e. The van der Waals surface area contributed by atoms with Gasteiger partial charge in [0, 0.05) is 32.9 Å². The van der Waals surface area contributed by atoms with E-state index in [-0.39, 0.29) is 5.91 Å². The van der Waals surface area contributed by atoms with Crippen molar-refractivity contribution in [1.82, 2.24) is 15.2 Å². The summed E-state index contributed by atoms with van der Waals surface area (Å²) in [5, 5.41) is 5.86. The van der Waals surface area contributed by atoms with E-state index >= 15 is 0 Å². The van der Waals surface area contributed by atoms with Gasteiger partial charge in [-0.1, -0.05) is 0 Å². The monoisotopic (exact) mass is 278 g/mol. The maximum Gasteiger partial charge on any atom is 0.255 e. The first-order chi connectivity index (χ1) is 9.81. The van der Waals surface area contributed by atoms with E-state index in [1.165, 1.54) is 0 Å². The Morgan fingerprint density at radius 1 is 1.45 bits per heavy atom. The standard InChI is InChI=1S/C14H22N4O2/c1-15-13-12(4-2-5-16-13)14(19)17-6-3-7-18-8-10-20-11-9-18/h2,4-5H,3,6-11H2,1H3,(H,15,16)(H,17,19). The predicted molar refractivity (Wildman–Crippen MR) is 78.0 cm³/mol. The highest BCUT2D eigenvalue weighted by molar-refractivity contribution is 5.98. The van der Waals surface area contributed by atoms with Gasteiger partial charge in [-0.25, -0.2) is 4.98 Å². The summed E-state index contributed by atoms with van der Waals surface area (Å²) in [6.45, 7) is 5.27. The number of anilines is 1. The van der Waals surface area contributed by atoms with Crippen molar-refractivity contribution < 1.29 is 9.53 Å². The molecule has 2 N–H and O–H groups in total. The maximum atomic E-state index is 12.1. The maximum absolute atomic E-state index is 12.1. The van der Waals surface area contributed by atoms with E-state index in [1.807, 2.05) is 0 Å². The zero-order valence-electron chi connectivity index (χ0n) is 11.9. The number of hydrogen-bond donors (Lipinski definition) is 2. The lowest BCUT2D eigenvalue weighted by molar-refractivity contribution is 0.0374. The molecule has 1 aromatic rings. The van der Waals surface area contributed by atoms with Crippen LogP contribution in [0.5, 0.6) is 0 Å². The molecule has 1 aromatic heterocycles. The molecule has 0 unspecified atom stereocenters. The number of pyridine rings is 1. The van der Waals surface area contributed by atoms with Gasteiger partial charge >= 0.3 is 0 Å². The Kier molecular flexibility index (Phi) is 5.76. The number of amides is 1. The van der Waals surface area contributed by atoms with Crippen molar-refractivity contribution in [2.75, 3.05) is 51.8 Å². The molecule has 2 heterocycles. The van der Waals surface area contributed by atoms with E-state index in [4.69, 9.17) is 4.74 Å². The third kappa shape index (κ3) is 4.18. The summed E-state index contributed by atoms with van der Waals surface area (Å²) >= 11 is 0. The summed E-state index contributed by atoms with van der Waals surface area (Å²) in [5.74, 6) is 0.530. The fraction of sp³-hybridized carbons (Fsp3) is 0.571. The van der Waals surface area contributed by atoms with Crippen LogP contribution in [0, 0.1) is 0 Å². The smallest absolute Gasteiger partial charge is 0.255 e. The summed E-state index contributed by atoms with van der Waals surface area (Å²) in [7, 11) is 1.76. The van der Waals surface area contributed by atoms with Crippen LogP contribution in [-0.2, 0) is 4.74 Å². The Hall–Kier alpha value is -1.66. The van der Waals surface area contributed by atoms with Crippen LogP contribution in [0.2, 0.25) is 0 Å². The van der Waals surface area contributed by atoms with Crippen molar-refractivity contribution in [3.8, 4) is 0 Å². The Morgan fingerprint density at radius 3 is 3.00 bits per heavy atom. The second-order valence-corrected chi connectivity index (χ2v) is 4.71. The third-order valence-corrected chi connectivity index (χ3v) is 3.33. The molecule has 0 aliphatic carbocycles. The molecule has 6 heteroatoms. The number of hydrogen-bond acceptors (Lipinski definition) is 5. The lowest BCUT2D eigenvalue weighted by Crippen LogP contribution is -2.38. The molecule has 1 aliphatic heterocycles. The van der Waals surface area contributed by atoms with E-state index in [1.54, 1.807) is 25.4 Å². The first-order valence-corrected chi connectivity index (χ1v) is 7.02. The summed E-state index contributed by atoms with van der Waals surface area (Å²) < 4.78 is 5.30. The third-order valence-electron chi connectivity index (χ3n) is 3.33. The molecule has 2 rings (SSSR count). The van der Waals surface area contributed by atoms with Gasteiger partial charge in [0.05, 0.1) is 18.8 Å². The fourth-order valence-corrected chi connectivity index (χ4v) is 2.21. The molecule has 0 saturated carbocycles. The van der Waals surface area contributed by atoms with Crippen molar-refractivity contribution >= 4 is 11.7 Å². The first-order valence-electron chi connectivity index (χ1n) is 7.02. The van der Waals surface area contributed by atoms with Gasteiger partial charge in [0.15, 0.2) is 0 Å². The minimum atomic E-state index is -0.0792.